The molecule has 0 aromatic rings. The molecular weight excluding hydrogens is 250 g/mol. The number of aliphatic hydroxyl groups excluding tert-OH is 1. The van der Waals surface area contributed by atoms with Gasteiger partial charge in [-0.05, 0) is 0 Å². The molecule has 0 heterocycles. The van der Waals surface area contributed by atoms with E-state index in [1.54, 1.807) is 14.1 Å². The second-order valence-electron chi connectivity index (χ2n) is 4.06. The number of carbonyl (C=O) groups is 3. The molecule has 106 valence electrons. The standard InChI is InChI=1S/C12H19N3O4/c1-7(9(17)6-13)11(18)12(19)10(8(2)16)15(5)14(3)4/h19H,1,6,13H2,2-5H3/b12-10+. The number of hydrogen-bond acceptors (Lipinski definition) is 7. The van der Waals surface area contributed by atoms with E-state index in [1.807, 2.05) is 0 Å². The second kappa shape index (κ2) is 6.81. The molecule has 0 aromatic carbocycles. The molecule has 0 radical (unpaired) electrons. The molecule has 0 aliphatic heterocycles. The number of allylic oxidation sites excluding steroid dienone is 2. The zero-order chi connectivity index (χ0) is 15.3. The first-order chi connectivity index (χ1) is 8.64. The molecule has 0 atom stereocenters. The molecule has 3 N–H and O–H groups in total. The Labute approximate surface area is 111 Å². The van der Waals surface area contributed by atoms with Gasteiger partial charge in [-0.25, -0.2) is 5.01 Å². The first kappa shape index (κ1) is 17.0. The summed E-state index contributed by atoms with van der Waals surface area (Å²) in [6, 6.07) is 0. The number of nitrogens with zero attached hydrogens (tertiary/aromatic N) is 2. The summed E-state index contributed by atoms with van der Waals surface area (Å²) in [6.45, 7) is 4.08. The van der Waals surface area contributed by atoms with E-state index in [4.69, 9.17) is 5.73 Å². The SMILES string of the molecule is C=C(C(=O)CN)C(=O)/C(O)=C(/C(C)=O)N(C)N(C)C. The lowest BCUT2D eigenvalue weighted by molar-refractivity contribution is -0.122. The molecule has 0 rings (SSSR count). The minimum atomic E-state index is -1.01. The predicted molar refractivity (Wildman–Crippen MR) is 70.0 cm³/mol. The van der Waals surface area contributed by atoms with E-state index >= 15 is 0 Å². The van der Waals surface area contributed by atoms with Gasteiger partial charge in [-0.15, -0.1) is 0 Å². The Balaban J connectivity index is 5.61. The lowest BCUT2D eigenvalue weighted by atomic mass is 10.1. The molecule has 0 aliphatic rings. The van der Waals surface area contributed by atoms with Gasteiger partial charge in [0.05, 0.1) is 12.1 Å². The van der Waals surface area contributed by atoms with Crippen molar-refractivity contribution in [1.82, 2.24) is 10.0 Å². The number of hydrogen-bond donors (Lipinski definition) is 2. The maximum atomic E-state index is 11.8. The largest absolute Gasteiger partial charge is 0.503 e. The molecule has 0 spiro atoms. The van der Waals surface area contributed by atoms with Crippen LogP contribution in [-0.2, 0) is 14.4 Å². The minimum absolute atomic E-state index is 0.221. The second-order valence-corrected chi connectivity index (χ2v) is 4.06. The van der Waals surface area contributed by atoms with E-state index in [-0.39, 0.29) is 5.70 Å². The van der Waals surface area contributed by atoms with E-state index < -0.39 is 35.2 Å². The number of hydrazine groups is 1. The highest BCUT2D eigenvalue weighted by Gasteiger charge is 2.26. The molecule has 0 amide bonds. The smallest absolute Gasteiger partial charge is 0.232 e. The molecule has 0 unspecified atom stereocenters. The number of Topliss-reactive ketones (excluding diaryl/α,β-unsaturated/α-hetero) is 3. The number of ketones is 3. The van der Waals surface area contributed by atoms with Gasteiger partial charge in [0, 0.05) is 28.1 Å². The normalized spacial score (nSPS) is 11.9. The summed E-state index contributed by atoms with van der Waals surface area (Å²) in [5.41, 5.74) is 4.43. The van der Waals surface area contributed by atoms with E-state index in [0.717, 1.165) is 0 Å². The van der Waals surface area contributed by atoms with Crippen molar-refractivity contribution in [3.05, 3.63) is 23.6 Å². The molecule has 0 saturated carbocycles. The van der Waals surface area contributed by atoms with Crippen LogP contribution in [0.1, 0.15) is 6.92 Å². The summed E-state index contributed by atoms with van der Waals surface area (Å²) in [5, 5.41) is 12.7. The number of likely N-dealkylation sites (N-methyl/N-ethyl adjacent to an activating group) is 1. The van der Waals surface area contributed by atoms with Crippen LogP contribution in [0, 0.1) is 0 Å². The summed E-state index contributed by atoms with van der Waals surface area (Å²) in [5.74, 6) is -3.04. The predicted octanol–water partition coefficient (Wildman–Crippen LogP) is -0.593. The fourth-order valence-corrected chi connectivity index (χ4v) is 1.25. The molecule has 19 heavy (non-hydrogen) atoms. The lowest BCUT2D eigenvalue weighted by Gasteiger charge is -2.27. The van der Waals surface area contributed by atoms with Gasteiger partial charge >= 0.3 is 0 Å². The number of aliphatic hydroxyl groups is 1. The van der Waals surface area contributed by atoms with Crippen LogP contribution in [0.2, 0.25) is 0 Å². The molecule has 0 aliphatic carbocycles. The van der Waals surface area contributed by atoms with Crippen LogP contribution in [0.3, 0.4) is 0 Å². The van der Waals surface area contributed by atoms with Crippen LogP contribution in [0.5, 0.6) is 0 Å². The Bertz CT molecular complexity index is 452. The Kier molecular flexibility index (Phi) is 6.10. The average Bonchev–Trinajstić information content (AvgIpc) is 2.35. The third-order valence-corrected chi connectivity index (χ3v) is 2.49. The van der Waals surface area contributed by atoms with Crippen LogP contribution < -0.4 is 5.73 Å². The summed E-state index contributed by atoms with van der Waals surface area (Å²) >= 11 is 0. The van der Waals surface area contributed by atoms with Crippen molar-refractivity contribution >= 4 is 17.3 Å². The maximum absolute atomic E-state index is 11.8. The third kappa shape index (κ3) is 4.01. The summed E-state index contributed by atoms with van der Waals surface area (Å²) < 4.78 is 0. The van der Waals surface area contributed by atoms with Crippen molar-refractivity contribution in [1.29, 1.82) is 0 Å². The summed E-state index contributed by atoms with van der Waals surface area (Å²) in [6.07, 6.45) is 0. The molecule has 0 saturated heterocycles. The van der Waals surface area contributed by atoms with Gasteiger partial charge in [0.2, 0.25) is 5.78 Å². The average molecular weight is 269 g/mol. The van der Waals surface area contributed by atoms with Gasteiger partial charge in [-0.3, -0.25) is 14.4 Å². The van der Waals surface area contributed by atoms with E-state index in [0.29, 0.717) is 0 Å². The third-order valence-electron chi connectivity index (χ3n) is 2.49. The van der Waals surface area contributed by atoms with Crippen LogP contribution in [0.15, 0.2) is 23.6 Å². The van der Waals surface area contributed by atoms with Gasteiger partial charge in [-0.1, -0.05) is 6.58 Å². The van der Waals surface area contributed by atoms with Gasteiger partial charge in [0.25, 0.3) is 0 Å². The van der Waals surface area contributed by atoms with Crippen LogP contribution in [0.25, 0.3) is 0 Å². The lowest BCUT2D eigenvalue weighted by Crippen LogP contribution is -2.37. The molecular formula is C12H19N3O4. The highest BCUT2D eigenvalue weighted by molar-refractivity contribution is 6.26. The van der Waals surface area contributed by atoms with E-state index in [2.05, 4.69) is 6.58 Å². The van der Waals surface area contributed by atoms with Crippen LogP contribution in [-0.4, -0.2) is 60.2 Å². The molecule has 7 nitrogen and oxygen atoms in total. The van der Waals surface area contributed by atoms with Crippen molar-refractivity contribution < 1.29 is 19.5 Å². The van der Waals surface area contributed by atoms with Gasteiger partial charge in [0.1, 0.15) is 5.70 Å². The highest BCUT2D eigenvalue weighted by atomic mass is 16.3. The Morgan fingerprint density at radius 3 is 2.00 bits per heavy atom. The number of carbonyl (C=O) groups excluding carboxylic acids is 3. The van der Waals surface area contributed by atoms with Crippen molar-refractivity contribution in [3.8, 4) is 0 Å². The van der Waals surface area contributed by atoms with Crippen molar-refractivity contribution in [2.75, 3.05) is 27.7 Å². The first-order valence-corrected chi connectivity index (χ1v) is 5.47. The van der Waals surface area contributed by atoms with Gasteiger partial charge in [0.15, 0.2) is 17.3 Å². The Hall–Kier alpha value is -1.99. The molecule has 0 aromatic heterocycles. The topological polar surface area (TPSA) is 104 Å². The van der Waals surface area contributed by atoms with Crippen molar-refractivity contribution in [2.24, 2.45) is 5.73 Å². The monoisotopic (exact) mass is 269 g/mol. The molecule has 0 fully saturated rings. The minimum Gasteiger partial charge on any atom is -0.503 e. The van der Waals surface area contributed by atoms with Gasteiger partial charge < -0.3 is 15.8 Å². The molecule has 7 heteroatoms. The fourth-order valence-electron chi connectivity index (χ4n) is 1.25. The van der Waals surface area contributed by atoms with Crippen molar-refractivity contribution in [3.63, 3.8) is 0 Å². The Morgan fingerprint density at radius 2 is 1.68 bits per heavy atom. The molecule has 0 bridgehead atoms. The zero-order valence-electron chi connectivity index (χ0n) is 11.6. The summed E-state index contributed by atoms with van der Waals surface area (Å²) in [7, 11) is 4.74. The van der Waals surface area contributed by atoms with Crippen molar-refractivity contribution in [2.45, 2.75) is 6.92 Å². The van der Waals surface area contributed by atoms with Crippen LogP contribution >= 0.6 is 0 Å². The zero-order valence-corrected chi connectivity index (χ0v) is 11.6. The quantitative estimate of drug-likeness (QED) is 0.209. The van der Waals surface area contributed by atoms with E-state index in [9.17, 15) is 19.5 Å². The summed E-state index contributed by atoms with van der Waals surface area (Å²) in [4.78, 5) is 34.6. The maximum Gasteiger partial charge on any atom is 0.232 e. The van der Waals surface area contributed by atoms with E-state index in [1.165, 1.54) is 24.0 Å². The first-order valence-electron chi connectivity index (χ1n) is 5.47. The highest BCUT2D eigenvalue weighted by Crippen LogP contribution is 2.13. The number of nitrogens with two attached hydrogens (primary N) is 1. The Morgan fingerprint density at radius 1 is 1.21 bits per heavy atom. The fraction of sp³-hybridized carbons (Fsp3) is 0.417. The van der Waals surface area contributed by atoms with Crippen LogP contribution in [0.4, 0.5) is 0 Å². The van der Waals surface area contributed by atoms with Gasteiger partial charge in [-0.2, -0.15) is 0 Å². The number of rotatable bonds is 7.